The Morgan fingerprint density at radius 1 is 1.12 bits per heavy atom. The van der Waals surface area contributed by atoms with Gasteiger partial charge in [-0.3, -0.25) is 18.9 Å². The number of aromatic nitrogens is 2. The monoisotopic (exact) mass is 368 g/mol. The van der Waals surface area contributed by atoms with Crippen molar-refractivity contribution >= 4 is 22.2 Å². The highest BCUT2D eigenvalue weighted by atomic mass is 32.1. The van der Waals surface area contributed by atoms with Crippen molar-refractivity contribution in [2.45, 2.75) is 6.42 Å². The Labute approximate surface area is 155 Å². The maximum atomic E-state index is 12.7. The quantitative estimate of drug-likeness (QED) is 0.704. The molecule has 6 nitrogen and oxygen atoms in total. The van der Waals surface area contributed by atoms with Crippen LogP contribution in [0, 0.1) is 0 Å². The minimum Gasteiger partial charge on any atom is -0.336 e. The molecule has 0 aliphatic carbocycles. The molecule has 3 aromatic rings. The fraction of sp³-hybridized carbons (Fsp3) is 0.316. The summed E-state index contributed by atoms with van der Waals surface area (Å²) in [4.78, 5) is 34.2. The van der Waals surface area contributed by atoms with Gasteiger partial charge in [-0.05, 0) is 12.0 Å². The average Bonchev–Trinajstić information content (AvgIpc) is 3.17. The number of benzene rings is 1. The number of carbonyl (C=O) groups excluding carboxylic acids is 1. The molecule has 4 rings (SSSR count). The van der Waals surface area contributed by atoms with Gasteiger partial charge in [0.15, 0.2) is 4.96 Å². The normalized spacial score (nSPS) is 15.5. The zero-order valence-electron chi connectivity index (χ0n) is 14.4. The Balaban J connectivity index is 1.37. The van der Waals surface area contributed by atoms with Gasteiger partial charge in [0.05, 0.1) is 0 Å². The van der Waals surface area contributed by atoms with E-state index in [0.717, 1.165) is 26.1 Å². The number of thiazole rings is 1. The summed E-state index contributed by atoms with van der Waals surface area (Å²) in [5, 5.41) is 1.80. The Morgan fingerprint density at radius 3 is 2.65 bits per heavy atom. The van der Waals surface area contributed by atoms with Gasteiger partial charge in [0, 0.05) is 50.5 Å². The second kappa shape index (κ2) is 7.39. The summed E-state index contributed by atoms with van der Waals surface area (Å²) in [7, 11) is 0. The third-order valence-electron chi connectivity index (χ3n) is 4.79. The van der Waals surface area contributed by atoms with Crippen LogP contribution in [-0.2, 0) is 6.42 Å². The lowest BCUT2D eigenvalue weighted by molar-refractivity contribution is 0.0636. The van der Waals surface area contributed by atoms with Crippen LogP contribution in [0.3, 0.4) is 0 Å². The van der Waals surface area contributed by atoms with Gasteiger partial charge in [0.2, 0.25) is 0 Å². The van der Waals surface area contributed by atoms with Crippen LogP contribution in [0.5, 0.6) is 0 Å². The van der Waals surface area contributed by atoms with Gasteiger partial charge < -0.3 is 4.90 Å². The number of nitrogens with zero attached hydrogens (tertiary/aromatic N) is 4. The van der Waals surface area contributed by atoms with Crippen LogP contribution < -0.4 is 5.56 Å². The van der Waals surface area contributed by atoms with E-state index in [-0.39, 0.29) is 17.0 Å². The second-order valence-corrected chi connectivity index (χ2v) is 7.28. The molecule has 0 spiro atoms. The van der Waals surface area contributed by atoms with Crippen molar-refractivity contribution in [3.05, 3.63) is 69.6 Å². The Bertz CT molecular complexity index is 958. The molecule has 0 saturated carbocycles. The summed E-state index contributed by atoms with van der Waals surface area (Å²) in [6, 6.07) is 10.4. The van der Waals surface area contributed by atoms with Gasteiger partial charge in [-0.25, -0.2) is 4.98 Å². The van der Waals surface area contributed by atoms with Gasteiger partial charge in [0.1, 0.15) is 5.56 Å². The number of carbonyl (C=O) groups is 1. The minimum absolute atomic E-state index is 0.152. The highest BCUT2D eigenvalue weighted by molar-refractivity contribution is 7.15. The molecule has 1 aliphatic heterocycles. The molecule has 1 amide bonds. The molecule has 7 heteroatoms. The number of hydrogen-bond acceptors (Lipinski definition) is 5. The molecule has 3 heterocycles. The van der Waals surface area contributed by atoms with E-state index < -0.39 is 0 Å². The molecule has 0 bridgehead atoms. The van der Waals surface area contributed by atoms with Gasteiger partial charge in [-0.15, -0.1) is 11.3 Å². The maximum Gasteiger partial charge on any atom is 0.271 e. The molecule has 134 valence electrons. The van der Waals surface area contributed by atoms with E-state index in [1.165, 1.54) is 27.5 Å². The molecule has 26 heavy (non-hydrogen) atoms. The van der Waals surface area contributed by atoms with Crippen molar-refractivity contribution in [2.24, 2.45) is 0 Å². The largest absolute Gasteiger partial charge is 0.336 e. The zero-order chi connectivity index (χ0) is 17.9. The van der Waals surface area contributed by atoms with E-state index in [9.17, 15) is 9.59 Å². The number of amides is 1. The predicted octanol–water partition coefficient (Wildman–Crippen LogP) is 1.76. The van der Waals surface area contributed by atoms with Gasteiger partial charge >= 0.3 is 0 Å². The number of hydrogen-bond donors (Lipinski definition) is 0. The van der Waals surface area contributed by atoms with Crippen LogP contribution in [0.4, 0.5) is 0 Å². The van der Waals surface area contributed by atoms with Crippen LogP contribution in [0.1, 0.15) is 15.9 Å². The van der Waals surface area contributed by atoms with E-state index >= 15 is 0 Å². The van der Waals surface area contributed by atoms with Crippen molar-refractivity contribution in [3.63, 3.8) is 0 Å². The summed E-state index contributed by atoms with van der Waals surface area (Å²) in [6.07, 6.45) is 4.08. The maximum absolute atomic E-state index is 12.7. The smallest absolute Gasteiger partial charge is 0.271 e. The molecule has 1 fully saturated rings. The molecule has 1 aliphatic rings. The molecule has 2 aromatic heterocycles. The SMILES string of the molecule is O=C(c1cnc2sccn2c1=O)N1CCN(CCc2ccccc2)CC1. The highest BCUT2D eigenvalue weighted by Gasteiger charge is 2.24. The molecule has 0 unspecified atom stereocenters. The predicted molar refractivity (Wildman–Crippen MR) is 102 cm³/mol. The van der Waals surface area contributed by atoms with Crippen molar-refractivity contribution in [3.8, 4) is 0 Å². The van der Waals surface area contributed by atoms with Crippen LogP contribution in [0.25, 0.3) is 4.96 Å². The second-order valence-electron chi connectivity index (χ2n) is 6.40. The molecule has 0 N–H and O–H groups in total. The van der Waals surface area contributed by atoms with E-state index in [2.05, 4.69) is 34.1 Å². The van der Waals surface area contributed by atoms with E-state index in [0.29, 0.717) is 18.1 Å². The van der Waals surface area contributed by atoms with Crippen molar-refractivity contribution in [1.82, 2.24) is 19.2 Å². The molecule has 0 atom stereocenters. The number of fused-ring (bicyclic) bond motifs is 1. The average molecular weight is 368 g/mol. The fourth-order valence-electron chi connectivity index (χ4n) is 3.25. The Morgan fingerprint density at radius 2 is 1.88 bits per heavy atom. The van der Waals surface area contributed by atoms with Crippen LogP contribution in [-0.4, -0.2) is 57.8 Å². The lowest BCUT2D eigenvalue weighted by Gasteiger charge is -2.34. The minimum atomic E-state index is -0.284. The van der Waals surface area contributed by atoms with Crippen LogP contribution >= 0.6 is 11.3 Å². The number of piperazine rings is 1. The molecule has 1 saturated heterocycles. The Hall–Kier alpha value is -2.51. The fourth-order valence-corrected chi connectivity index (χ4v) is 3.92. The summed E-state index contributed by atoms with van der Waals surface area (Å²) in [6.45, 7) is 3.91. The van der Waals surface area contributed by atoms with E-state index in [4.69, 9.17) is 0 Å². The standard InChI is InChI=1S/C19H20N4O2S/c24-17(16-14-20-19-23(18(16)25)12-13-26-19)22-10-8-21(9-11-22)7-6-15-4-2-1-3-5-15/h1-5,12-14H,6-11H2. The first kappa shape index (κ1) is 16.9. The summed E-state index contributed by atoms with van der Waals surface area (Å²) in [5.41, 5.74) is 1.19. The van der Waals surface area contributed by atoms with E-state index in [1.54, 1.807) is 16.5 Å². The van der Waals surface area contributed by atoms with Gasteiger partial charge in [-0.2, -0.15) is 0 Å². The molecular weight excluding hydrogens is 348 g/mol. The topological polar surface area (TPSA) is 57.9 Å². The third kappa shape index (κ3) is 3.40. The van der Waals surface area contributed by atoms with Gasteiger partial charge in [0.25, 0.3) is 11.5 Å². The molecular formula is C19H20N4O2S. The third-order valence-corrected chi connectivity index (χ3v) is 5.56. The summed E-state index contributed by atoms with van der Waals surface area (Å²) < 4.78 is 1.44. The zero-order valence-corrected chi connectivity index (χ0v) is 15.2. The van der Waals surface area contributed by atoms with Crippen LogP contribution in [0.15, 0.2) is 52.9 Å². The number of rotatable bonds is 4. The highest BCUT2D eigenvalue weighted by Crippen LogP contribution is 2.10. The first-order valence-corrected chi connectivity index (χ1v) is 9.61. The molecule has 0 radical (unpaired) electrons. The van der Waals surface area contributed by atoms with Crippen LogP contribution in [0.2, 0.25) is 0 Å². The van der Waals surface area contributed by atoms with Crippen molar-refractivity contribution in [1.29, 1.82) is 0 Å². The van der Waals surface area contributed by atoms with Crippen molar-refractivity contribution < 1.29 is 4.79 Å². The lowest BCUT2D eigenvalue weighted by atomic mass is 10.1. The first-order chi connectivity index (χ1) is 12.7. The van der Waals surface area contributed by atoms with Crippen molar-refractivity contribution in [2.75, 3.05) is 32.7 Å². The lowest BCUT2D eigenvalue weighted by Crippen LogP contribution is -2.50. The molecule has 1 aromatic carbocycles. The van der Waals surface area contributed by atoms with E-state index in [1.807, 2.05) is 6.07 Å². The van der Waals surface area contributed by atoms with Gasteiger partial charge in [-0.1, -0.05) is 30.3 Å². The first-order valence-electron chi connectivity index (χ1n) is 8.73. The summed E-state index contributed by atoms with van der Waals surface area (Å²) in [5.74, 6) is -0.217. The Kier molecular flexibility index (Phi) is 4.81. The summed E-state index contributed by atoms with van der Waals surface area (Å²) >= 11 is 1.38.